The lowest BCUT2D eigenvalue weighted by atomic mass is 9.91. The van der Waals surface area contributed by atoms with Crippen LogP contribution in [-0.2, 0) is 16.3 Å². The minimum Gasteiger partial charge on any atom is -0.316 e. The topological polar surface area (TPSA) is 46.2 Å². The van der Waals surface area contributed by atoms with Gasteiger partial charge < -0.3 is 5.32 Å². The van der Waals surface area contributed by atoms with E-state index in [-0.39, 0.29) is 12.0 Å². The van der Waals surface area contributed by atoms with Gasteiger partial charge in [0, 0.05) is 6.04 Å². The highest BCUT2D eigenvalue weighted by Gasteiger charge is 2.33. The summed E-state index contributed by atoms with van der Waals surface area (Å²) < 4.78 is 23.2. The molecule has 3 nitrogen and oxygen atoms in total. The largest absolute Gasteiger partial charge is 0.316 e. The van der Waals surface area contributed by atoms with Gasteiger partial charge in [-0.15, -0.1) is 0 Å². The maximum Gasteiger partial charge on any atom is 0.150 e. The van der Waals surface area contributed by atoms with Crippen molar-refractivity contribution in [3.05, 3.63) is 34.9 Å². The fourth-order valence-corrected chi connectivity index (χ4v) is 4.78. The maximum absolute atomic E-state index is 11.6. The van der Waals surface area contributed by atoms with Crippen LogP contribution in [0.5, 0.6) is 0 Å². The lowest BCUT2D eigenvalue weighted by molar-refractivity contribution is 0.402. The van der Waals surface area contributed by atoms with Crippen molar-refractivity contribution < 1.29 is 8.42 Å². The van der Waals surface area contributed by atoms with E-state index in [2.05, 4.69) is 37.4 Å². The summed E-state index contributed by atoms with van der Waals surface area (Å²) in [5.74, 6) is 0.932. The third kappa shape index (κ3) is 3.57. The Morgan fingerprint density at radius 2 is 2.11 bits per heavy atom. The van der Waals surface area contributed by atoms with E-state index in [4.69, 9.17) is 0 Å². The van der Waals surface area contributed by atoms with Gasteiger partial charge in [0.2, 0.25) is 0 Å². The van der Waals surface area contributed by atoms with Gasteiger partial charge >= 0.3 is 0 Å². The first-order chi connectivity index (χ1) is 8.91. The standard InChI is InChI=1S/C15H23NO2S/c1-11-4-5-12(2)14(8-11)9-15(16-3)13-6-7-19(17,18)10-13/h4-5,8,13,15-16H,6-7,9-10H2,1-3H3. The Morgan fingerprint density at radius 1 is 1.37 bits per heavy atom. The predicted molar refractivity (Wildman–Crippen MR) is 79.2 cm³/mol. The fraction of sp³-hybridized carbons (Fsp3) is 0.600. The van der Waals surface area contributed by atoms with Crippen molar-refractivity contribution in [2.45, 2.75) is 32.7 Å². The molecule has 4 heteroatoms. The van der Waals surface area contributed by atoms with Gasteiger partial charge in [-0.3, -0.25) is 0 Å². The summed E-state index contributed by atoms with van der Waals surface area (Å²) in [5.41, 5.74) is 3.87. The first-order valence-corrected chi connectivity index (χ1v) is 8.67. The molecule has 106 valence electrons. The molecule has 1 saturated heterocycles. The van der Waals surface area contributed by atoms with Crippen LogP contribution >= 0.6 is 0 Å². The Bertz CT molecular complexity index is 551. The Kier molecular flexibility index (Phi) is 4.31. The Labute approximate surface area is 116 Å². The van der Waals surface area contributed by atoms with Crippen molar-refractivity contribution >= 4 is 9.84 Å². The summed E-state index contributed by atoms with van der Waals surface area (Å²) in [5, 5.41) is 3.31. The third-order valence-electron chi connectivity index (χ3n) is 4.15. The second-order valence-electron chi connectivity index (χ2n) is 5.69. The molecule has 0 amide bonds. The van der Waals surface area contributed by atoms with Crippen LogP contribution in [0.3, 0.4) is 0 Å². The summed E-state index contributed by atoms with van der Waals surface area (Å²) in [6.07, 6.45) is 1.70. The van der Waals surface area contributed by atoms with Crippen molar-refractivity contribution in [2.24, 2.45) is 5.92 Å². The first kappa shape index (κ1) is 14.5. The van der Waals surface area contributed by atoms with Gasteiger partial charge in [-0.1, -0.05) is 23.8 Å². The Hall–Kier alpha value is -0.870. The van der Waals surface area contributed by atoms with Crippen molar-refractivity contribution in [1.82, 2.24) is 5.32 Å². The molecule has 0 aromatic heterocycles. The Balaban J connectivity index is 2.13. The molecule has 1 aliphatic rings. The number of benzene rings is 1. The van der Waals surface area contributed by atoms with Crippen LogP contribution in [0, 0.1) is 19.8 Å². The lowest BCUT2D eigenvalue weighted by Crippen LogP contribution is -2.36. The molecule has 1 N–H and O–H groups in total. The third-order valence-corrected chi connectivity index (χ3v) is 5.95. The summed E-state index contributed by atoms with van der Waals surface area (Å²) in [6, 6.07) is 6.72. The molecular formula is C15H23NO2S. The average molecular weight is 281 g/mol. The first-order valence-electron chi connectivity index (χ1n) is 6.85. The molecule has 1 aromatic rings. The van der Waals surface area contributed by atoms with Crippen molar-refractivity contribution in [3.8, 4) is 0 Å². The van der Waals surface area contributed by atoms with Gasteiger partial charge in [-0.2, -0.15) is 0 Å². The molecule has 2 rings (SSSR count). The van der Waals surface area contributed by atoms with E-state index in [1.807, 2.05) is 7.05 Å². The summed E-state index contributed by atoms with van der Waals surface area (Å²) in [7, 11) is -0.870. The van der Waals surface area contributed by atoms with Crippen LogP contribution in [-0.4, -0.2) is 33.0 Å². The summed E-state index contributed by atoms with van der Waals surface area (Å²) >= 11 is 0. The van der Waals surface area contributed by atoms with E-state index in [1.54, 1.807) is 0 Å². The number of sulfone groups is 1. The van der Waals surface area contributed by atoms with E-state index < -0.39 is 9.84 Å². The average Bonchev–Trinajstić information content (AvgIpc) is 2.70. The van der Waals surface area contributed by atoms with Crippen molar-refractivity contribution in [3.63, 3.8) is 0 Å². The molecule has 1 aromatic carbocycles. The molecule has 1 fully saturated rings. The number of hydrogen-bond donors (Lipinski definition) is 1. The minimum absolute atomic E-state index is 0.245. The highest BCUT2D eigenvalue weighted by Crippen LogP contribution is 2.25. The van der Waals surface area contributed by atoms with Gasteiger partial charge in [0.25, 0.3) is 0 Å². The highest BCUT2D eigenvalue weighted by molar-refractivity contribution is 7.91. The highest BCUT2D eigenvalue weighted by atomic mass is 32.2. The monoisotopic (exact) mass is 281 g/mol. The van der Waals surface area contributed by atoms with Crippen LogP contribution in [0.1, 0.15) is 23.1 Å². The lowest BCUT2D eigenvalue weighted by Gasteiger charge is -2.23. The number of hydrogen-bond acceptors (Lipinski definition) is 3. The molecule has 2 atom stereocenters. The molecule has 1 heterocycles. The summed E-state index contributed by atoms with van der Waals surface area (Å²) in [4.78, 5) is 0. The van der Waals surface area contributed by atoms with E-state index in [0.29, 0.717) is 11.5 Å². The molecular weight excluding hydrogens is 258 g/mol. The van der Waals surface area contributed by atoms with Gasteiger partial charge in [-0.25, -0.2) is 8.42 Å². The summed E-state index contributed by atoms with van der Waals surface area (Å²) in [6.45, 7) is 4.21. The molecule has 1 aliphatic heterocycles. The normalized spacial score (nSPS) is 23.4. The smallest absolute Gasteiger partial charge is 0.150 e. The van der Waals surface area contributed by atoms with Crippen molar-refractivity contribution in [1.29, 1.82) is 0 Å². The van der Waals surface area contributed by atoms with Gasteiger partial charge in [0.15, 0.2) is 9.84 Å². The zero-order chi connectivity index (χ0) is 14.0. The number of likely N-dealkylation sites (N-methyl/N-ethyl adjacent to an activating group) is 1. The van der Waals surface area contributed by atoms with Crippen LogP contribution in [0.15, 0.2) is 18.2 Å². The van der Waals surface area contributed by atoms with E-state index in [0.717, 1.165) is 12.8 Å². The number of rotatable bonds is 4. The molecule has 0 bridgehead atoms. The molecule has 0 spiro atoms. The maximum atomic E-state index is 11.6. The van der Waals surface area contributed by atoms with Crippen LogP contribution < -0.4 is 5.32 Å². The van der Waals surface area contributed by atoms with Gasteiger partial charge in [0.1, 0.15) is 0 Å². The number of nitrogens with one attached hydrogen (secondary N) is 1. The molecule has 0 saturated carbocycles. The van der Waals surface area contributed by atoms with E-state index in [1.165, 1.54) is 16.7 Å². The van der Waals surface area contributed by atoms with Crippen LogP contribution in [0.25, 0.3) is 0 Å². The molecule has 19 heavy (non-hydrogen) atoms. The minimum atomic E-state index is -2.80. The zero-order valence-corrected chi connectivity index (χ0v) is 12.8. The van der Waals surface area contributed by atoms with Gasteiger partial charge in [0.05, 0.1) is 11.5 Å². The second-order valence-corrected chi connectivity index (χ2v) is 7.92. The predicted octanol–water partition coefficient (Wildman–Crippen LogP) is 1.87. The Morgan fingerprint density at radius 3 is 2.68 bits per heavy atom. The molecule has 0 radical (unpaired) electrons. The van der Waals surface area contributed by atoms with Gasteiger partial charge in [-0.05, 0) is 50.8 Å². The molecule has 2 unspecified atom stereocenters. The van der Waals surface area contributed by atoms with Crippen molar-refractivity contribution in [2.75, 3.05) is 18.6 Å². The van der Waals surface area contributed by atoms with E-state index >= 15 is 0 Å². The van der Waals surface area contributed by atoms with Crippen LogP contribution in [0.4, 0.5) is 0 Å². The number of aryl methyl sites for hydroxylation is 2. The van der Waals surface area contributed by atoms with E-state index in [9.17, 15) is 8.42 Å². The fourth-order valence-electron chi connectivity index (χ4n) is 2.90. The molecule has 0 aliphatic carbocycles. The zero-order valence-electron chi connectivity index (χ0n) is 11.9. The SMILES string of the molecule is CNC(Cc1cc(C)ccc1C)C1CCS(=O)(=O)C1. The van der Waals surface area contributed by atoms with Crippen LogP contribution in [0.2, 0.25) is 0 Å². The quantitative estimate of drug-likeness (QED) is 0.916. The second kappa shape index (κ2) is 5.63.